The third kappa shape index (κ3) is 4.46. The first-order valence-corrected chi connectivity index (χ1v) is 7.53. The van der Waals surface area contributed by atoms with E-state index in [2.05, 4.69) is 5.32 Å². The molecule has 0 saturated heterocycles. The molecule has 1 aromatic carbocycles. The van der Waals surface area contributed by atoms with Gasteiger partial charge in [0.1, 0.15) is 15.5 Å². The molecule has 0 spiro atoms. The van der Waals surface area contributed by atoms with Gasteiger partial charge >= 0.3 is 0 Å². The van der Waals surface area contributed by atoms with E-state index in [1.54, 1.807) is 6.92 Å². The van der Waals surface area contributed by atoms with Crippen molar-refractivity contribution in [3.05, 3.63) is 38.4 Å². The Hall–Kier alpha value is -2.23. The Morgan fingerprint density at radius 2 is 1.85 bits per heavy atom. The summed E-state index contributed by atoms with van der Waals surface area (Å²) in [5.74, 6) is -0.207. The predicted octanol–water partition coefficient (Wildman–Crippen LogP) is 1.35. The zero-order chi connectivity index (χ0) is 15.5. The fourth-order valence-electron chi connectivity index (χ4n) is 1.67. The molecule has 0 aromatic heterocycles. The highest BCUT2D eigenvalue weighted by Gasteiger charge is 2.21. The van der Waals surface area contributed by atoms with Crippen molar-refractivity contribution < 1.29 is 18.3 Å². The minimum absolute atomic E-state index is 0.0387. The van der Waals surface area contributed by atoms with Crippen LogP contribution in [0.3, 0.4) is 0 Å². The maximum Gasteiger partial charge on any atom is 0.299 e. The molecule has 0 saturated carbocycles. The molecular weight excluding hydrogens is 290 g/mol. The normalized spacial score (nSPS) is 12.7. The van der Waals surface area contributed by atoms with Crippen LogP contribution < -0.4 is 5.32 Å². The predicted molar refractivity (Wildman–Crippen MR) is 72.5 cm³/mol. The second-order valence-electron chi connectivity index (χ2n) is 4.35. The van der Waals surface area contributed by atoms with Gasteiger partial charge in [0.2, 0.25) is 0 Å². The molecule has 9 nitrogen and oxygen atoms in total. The van der Waals surface area contributed by atoms with Gasteiger partial charge in [-0.25, -0.2) is 8.42 Å². The topological polar surface area (TPSA) is 132 Å². The number of nitrogens with one attached hydrogen (secondary N) is 1. The van der Waals surface area contributed by atoms with Crippen LogP contribution in [0.1, 0.15) is 6.92 Å². The van der Waals surface area contributed by atoms with Crippen LogP contribution in [0, 0.1) is 20.2 Å². The van der Waals surface area contributed by atoms with Gasteiger partial charge in [-0.1, -0.05) is 0 Å². The lowest BCUT2D eigenvalue weighted by molar-refractivity contribution is -0.393. The van der Waals surface area contributed by atoms with Gasteiger partial charge in [-0.3, -0.25) is 20.2 Å². The smallest absolute Gasteiger partial charge is 0.299 e. The van der Waals surface area contributed by atoms with Crippen molar-refractivity contribution in [1.29, 1.82) is 0 Å². The van der Waals surface area contributed by atoms with Gasteiger partial charge in [0.15, 0.2) is 0 Å². The number of hydrogen-bond acceptors (Lipinski definition) is 7. The van der Waals surface area contributed by atoms with Gasteiger partial charge < -0.3 is 5.32 Å². The molecule has 0 aliphatic rings. The molecule has 1 unspecified atom stereocenters. The summed E-state index contributed by atoms with van der Waals surface area (Å²) in [6, 6.07) is 2.57. The monoisotopic (exact) mass is 303 g/mol. The summed E-state index contributed by atoms with van der Waals surface area (Å²) in [6.07, 6.45) is 1.05. The third-order valence-electron chi connectivity index (χ3n) is 2.34. The fourth-order valence-corrected chi connectivity index (χ4v) is 2.66. The lowest BCUT2D eigenvalue weighted by atomic mass is 10.2. The molecule has 0 radical (unpaired) electrons. The standard InChI is InChI=1S/C10H13N3O6S/c1-7(6-20(2,18)19)11-9-4-3-8(12(14)15)5-10(9)13(16)17/h3-5,7,11H,6H2,1-2H3. The van der Waals surface area contributed by atoms with E-state index in [4.69, 9.17) is 0 Å². The minimum atomic E-state index is -3.24. The highest BCUT2D eigenvalue weighted by Crippen LogP contribution is 2.29. The van der Waals surface area contributed by atoms with Gasteiger partial charge in [-0.15, -0.1) is 0 Å². The highest BCUT2D eigenvalue weighted by molar-refractivity contribution is 7.90. The van der Waals surface area contributed by atoms with Gasteiger partial charge in [-0.05, 0) is 13.0 Å². The molecule has 10 heteroatoms. The zero-order valence-corrected chi connectivity index (χ0v) is 11.6. The Bertz CT molecular complexity index is 642. The van der Waals surface area contributed by atoms with E-state index < -0.39 is 37.1 Å². The van der Waals surface area contributed by atoms with Crippen LogP contribution in [-0.2, 0) is 9.84 Å². The number of sulfone groups is 1. The molecule has 0 heterocycles. The van der Waals surface area contributed by atoms with Crippen molar-refractivity contribution in [2.45, 2.75) is 13.0 Å². The van der Waals surface area contributed by atoms with Crippen molar-refractivity contribution in [3.8, 4) is 0 Å². The van der Waals surface area contributed by atoms with Gasteiger partial charge in [0.25, 0.3) is 11.4 Å². The third-order valence-corrected chi connectivity index (χ3v) is 3.45. The van der Waals surface area contributed by atoms with E-state index in [-0.39, 0.29) is 11.4 Å². The Morgan fingerprint density at radius 1 is 1.25 bits per heavy atom. The number of benzene rings is 1. The van der Waals surface area contributed by atoms with Crippen LogP contribution in [0.5, 0.6) is 0 Å². The lowest BCUT2D eigenvalue weighted by Gasteiger charge is -2.14. The zero-order valence-electron chi connectivity index (χ0n) is 10.8. The molecule has 1 aromatic rings. The van der Waals surface area contributed by atoms with Crippen molar-refractivity contribution in [1.82, 2.24) is 0 Å². The summed E-state index contributed by atoms with van der Waals surface area (Å²) in [5, 5.41) is 24.1. The Labute approximate surface area is 114 Å². The maximum atomic E-state index is 11.1. The quantitative estimate of drug-likeness (QED) is 0.619. The summed E-state index contributed by atoms with van der Waals surface area (Å²) in [7, 11) is -3.24. The van der Waals surface area contributed by atoms with Crippen molar-refractivity contribution in [2.24, 2.45) is 0 Å². The van der Waals surface area contributed by atoms with E-state index in [9.17, 15) is 28.6 Å². The summed E-state index contributed by atoms with van der Waals surface area (Å²) >= 11 is 0. The Morgan fingerprint density at radius 3 is 2.30 bits per heavy atom. The minimum Gasteiger partial charge on any atom is -0.376 e. The summed E-state index contributed by atoms with van der Waals surface area (Å²) in [4.78, 5) is 20.0. The van der Waals surface area contributed by atoms with Crippen LogP contribution in [-0.4, -0.2) is 36.3 Å². The largest absolute Gasteiger partial charge is 0.376 e. The van der Waals surface area contributed by atoms with Crippen LogP contribution >= 0.6 is 0 Å². The average molecular weight is 303 g/mol. The molecule has 0 aliphatic heterocycles. The second kappa shape index (κ2) is 5.82. The van der Waals surface area contributed by atoms with Crippen LogP contribution in [0.15, 0.2) is 18.2 Å². The SMILES string of the molecule is CC(CS(C)(=O)=O)Nc1ccc([N+](=O)[O-])cc1[N+](=O)[O-]. The average Bonchev–Trinajstić information content (AvgIpc) is 2.25. The van der Waals surface area contributed by atoms with Crippen LogP contribution in [0.25, 0.3) is 0 Å². The lowest BCUT2D eigenvalue weighted by Crippen LogP contribution is -2.25. The Balaban J connectivity index is 3.06. The number of nitro benzene ring substituents is 2. The molecular formula is C10H13N3O6S. The van der Waals surface area contributed by atoms with E-state index in [1.165, 1.54) is 6.07 Å². The van der Waals surface area contributed by atoms with E-state index in [0.717, 1.165) is 18.4 Å². The first-order valence-electron chi connectivity index (χ1n) is 5.47. The summed E-state index contributed by atoms with van der Waals surface area (Å²) < 4.78 is 22.3. The van der Waals surface area contributed by atoms with Gasteiger partial charge in [-0.2, -0.15) is 0 Å². The Kier molecular flexibility index (Phi) is 4.61. The van der Waals surface area contributed by atoms with Crippen LogP contribution in [0.2, 0.25) is 0 Å². The molecule has 110 valence electrons. The van der Waals surface area contributed by atoms with Gasteiger partial charge in [0, 0.05) is 18.4 Å². The van der Waals surface area contributed by atoms with Crippen molar-refractivity contribution in [2.75, 3.05) is 17.3 Å². The number of non-ortho nitro benzene ring substituents is 1. The molecule has 0 aliphatic carbocycles. The first-order chi connectivity index (χ1) is 9.10. The summed E-state index contributed by atoms with van der Waals surface area (Å²) in [5.41, 5.74) is -0.839. The number of rotatable bonds is 6. The van der Waals surface area contributed by atoms with Gasteiger partial charge in [0.05, 0.1) is 21.7 Å². The number of nitro groups is 2. The summed E-state index contributed by atoms with van der Waals surface area (Å²) in [6.45, 7) is 1.55. The molecule has 1 atom stereocenters. The van der Waals surface area contributed by atoms with Crippen molar-refractivity contribution in [3.63, 3.8) is 0 Å². The molecule has 1 rings (SSSR count). The molecule has 0 amide bonds. The van der Waals surface area contributed by atoms with Crippen LogP contribution in [0.4, 0.5) is 17.1 Å². The fraction of sp³-hybridized carbons (Fsp3) is 0.400. The number of hydrogen-bond donors (Lipinski definition) is 1. The molecule has 0 bridgehead atoms. The maximum absolute atomic E-state index is 11.1. The molecule has 0 fully saturated rings. The van der Waals surface area contributed by atoms with E-state index in [0.29, 0.717) is 0 Å². The van der Waals surface area contributed by atoms with Crippen molar-refractivity contribution >= 4 is 26.9 Å². The molecule has 20 heavy (non-hydrogen) atoms. The van der Waals surface area contributed by atoms with E-state index >= 15 is 0 Å². The number of anilines is 1. The molecule has 1 N–H and O–H groups in total. The first kappa shape index (κ1) is 15.8. The second-order valence-corrected chi connectivity index (χ2v) is 6.54. The van der Waals surface area contributed by atoms with E-state index in [1.807, 2.05) is 0 Å². The number of nitrogens with zero attached hydrogens (tertiary/aromatic N) is 2. The highest BCUT2D eigenvalue weighted by atomic mass is 32.2.